The second-order valence-corrected chi connectivity index (χ2v) is 8.48. The number of aryl methyl sites for hydroxylation is 1. The van der Waals surface area contributed by atoms with Crippen molar-refractivity contribution in [3.8, 4) is 17.1 Å². The third kappa shape index (κ3) is 4.08. The van der Waals surface area contributed by atoms with Crippen LogP contribution in [0.15, 0.2) is 69.3 Å². The molecule has 2 aromatic heterocycles. The van der Waals surface area contributed by atoms with Crippen LogP contribution in [-0.4, -0.2) is 23.9 Å². The van der Waals surface area contributed by atoms with Gasteiger partial charge in [0.25, 0.3) is 5.56 Å². The quantitative estimate of drug-likeness (QED) is 0.432. The topological polar surface area (TPSA) is 74.7 Å². The average Bonchev–Trinajstić information content (AvgIpc) is 3.18. The summed E-state index contributed by atoms with van der Waals surface area (Å²) in [5, 5.41) is 10.1. The Morgan fingerprint density at radius 1 is 0.968 bits per heavy atom. The van der Waals surface area contributed by atoms with Crippen LogP contribution >= 0.6 is 23.4 Å². The van der Waals surface area contributed by atoms with Crippen LogP contribution in [0.3, 0.4) is 0 Å². The maximum atomic E-state index is 12.2. The molecule has 0 radical (unpaired) electrons. The second kappa shape index (κ2) is 8.56. The summed E-state index contributed by atoms with van der Waals surface area (Å²) in [6.45, 7) is 2.03. The zero-order valence-corrected chi connectivity index (χ0v) is 18.8. The maximum absolute atomic E-state index is 12.2. The molecule has 7 nitrogen and oxygen atoms in total. The number of nitrogens with zero attached hydrogens (tertiary/aromatic N) is 5. The van der Waals surface area contributed by atoms with Crippen LogP contribution in [0, 0.1) is 6.92 Å². The van der Waals surface area contributed by atoms with E-state index in [0.29, 0.717) is 27.5 Å². The molecule has 0 saturated heterocycles. The predicted octanol–water partition coefficient (Wildman–Crippen LogP) is 3.59. The summed E-state index contributed by atoms with van der Waals surface area (Å²) in [6, 6.07) is 16.9. The summed E-state index contributed by atoms with van der Waals surface area (Å²) >= 11 is 7.47. The molecule has 0 saturated carbocycles. The molecule has 4 rings (SSSR count). The molecule has 0 spiro atoms. The van der Waals surface area contributed by atoms with Gasteiger partial charge in [0.1, 0.15) is 0 Å². The molecule has 31 heavy (non-hydrogen) atoms. The molecule has 2 aromatic carbocycles. The van der Waals surface area contributed by atoms with Crippen molar-refractivity contribution >= 4 is 23.4 Å². The first-order valence-electron chi connectivity index (χ1n) is 9.53. The third-order valence-corrected chi connectivity index (χ3v) is 6.28. The highest BCUT2D eigenvalue weighted by Gasteiger charge is 2.18. The molecule has 0 amide bonds. The number of benzene rings is 2. The lowest BCUT2D eigenvalue weighted by atomic mass is 10.1. The Morgan fingerprint density at radius 3 is 2.39 bits per heavy atom. The highest BCUT2D eigenvalue weighted by atomic mass is 35.5. The van der Waals surface area contributed by atoms with E-state index < -0.39 is 0 Å². The van der Waals surface area contributed by atoms with Crippen molar-refractivity contribution in [2.45, 2.75) is 17.8 Å². The van der Waals surface area contributed by atoms with E-state index in [9.17, 15) is 9.59 Å². The number of aromatic nitrogens is 5. The van der Waals surface area contributed by atoms with Crippen molar-refractivity contribution in [1.29, 1.82) is 0 Å². The molecular weight excluding hydrogens is 434 g/mol. The van der Waals surface area contributed by atoms with E-state index in [2.05, 4.69) is 10.2 Å². The molecule has 158 valence electrons. The Hall–Kier alpha value is -3.10. The van der Waals surface area contributed by atoms with Gasteiger partial charge in [0.15, 0.2) is 11.0 Å². The Morgan fingerprint density at radius 2 is 1.68 bits per heavy atom. The van der Waals surface area contributed by atoms with Gasteiger partial charge in [0.2, 0.25) is 0 Å². The molecule has 0 atom stereocenters. The Bertz CT molecular complexity index is 1370. The number of para-hydroxylation sites is 1. The summed E-state index contributed by atoms with van der Waals surface area (Å²) in [7, 11) is 3.12. The van der Waals surface area contributed by atoms with Gasteiger partial charge in [-0.15, -0.1) is 10.2 Å². The number of hydrogen-bond donors (Lipinski definition) is 0. The highest BCUT2D eigenvalue weighted by Crippen LogP contribution is 2.31. The van der Waals surface area contributed by atoms with E-state index in [1.807, 2.05) is 60.0 Å². The van der Waals surface area contributed by atoms with Crippen molar-refractivity contribution in [2.24, 2.45) is 14.1 Å². The van der Waals surface area contributed by atoms with Gasteiger partial charge < -0.3 is 0 Å². The number of thioether (sulfide) groups is 1. The van der Waals surface area contributed by atoms with Gasteiger partial charge in [-0.2, -0.15) is 0 Å². The fourth-order valence-electron chi connectivity index (χ4n) is 3.24. The second-order valence-electron chi connectivity index (χ2n) is 7.10. The van der Waals surface area contributed by atoms with Crippen molar-refractivity contribution < 1.29 is 0 Å². The van der Waals surface area contributed by atoms with Crippen LogP contribution in [-0.2, 0) is 19.8 Å². The molecule has 0 bridgehead atoms. The molecule has 9 heteroatoms. The lowest BCUT2D eigenvalue weighted by Crippen LogP contribution is -2.37. The van der Waals surface area contributed by atoms with Gasteiger partial charge >= 0.3 is 5.69 Å². The molecule has 0 fully saturated rings. The Kier molecular flexibility index (Phi) is 5.84. The fourth-order valence-corrected chi connectivity index (χ4v) is 4.33. The lowest BCUT2D eigenvalue weighted by Gasteiger charge is -2.13. The van der Waals surface area contributed by atoms with Gasteiger partial charge in [-0.1, -0.05) is 41.6 Å². The van der Waals surface area contributed by atoms with Crippen LogP contribution < -0.4 is 11.2 Å². The van der Waals surface area contributed by atoms with Crippen molar-refractivity contribution in [1.82, 2.24) is 23.9 Å². The maximum Gasteiger partial charge on any atom is 0.330 e. The summed E-state index contributed by atoms with van der Waals surface area (Å²) in [5.74, 6) is 1.08. The largest absolute Gasteiger partial charge is 0.330 e. The van der Waals surface area contributed by atoms with Gasteiger partial charge in [-0.05, 0) is 42.8 Å². The Labute approximate surface area is 187 Å². The van der Waals surface area contributed by atoms with E-state index in [1.54, 1.807) is 7.05 Å². The summed E-state index contributed by atoms with van der Waals surface area (Å²) in [5.41, 5.74) is 2.84. The summed E-state index contributed by atoms with van der Waals surface area (Å²) in [4.78, 5) is 24.3. The van der Waals surface area contributed by atoms with E-state index in [-0.39, 0.29) is 11.2 Å². The first-order valence-corrected chi connectivity index (χ1v) is 10.9. The number of hydrogen-bond acceptors (Lipinski definition) is 5. The third-order valence-electron chi connectivity index (χ3n) is 5.07. The SMILES string of the molecule is Cc1ccccc1-n1c(SCc2cc(=O)n(C)c(=O)n2C)nnc1-c1ccc(Cl)cc1. The first kappa shape index (κ1) is 21.1. The molecule has 0 unspecified atom stereocenters. The molecular formula is C22H20ClN5O2S. The lowest BCUT2D eigenvalue weighted by molar-refractivity contribution is 0.664. The zero-order chi connectivity index (χ0) is 22.1. The van der Waals surface area contributed by atoms with Crippen LogP contribution in [0.2, 0.25) is 5.02 Å². The van der Waals surface area contributed by atoms with Gasteiger partial charge in [0.05, 0.1) is 5.69 Å². The van der Waals surface area contributed by atoms with Gasteiger partial charge in [-0.3, -0.25) is 18.5 Å². The first-order chi connectivity index (χ1) is 14.9. The Balaban J connectivity index is 1.79. The molecule has 0 aliphatic carbocycles. The van der Waals surface area contributed by atoms with E-state index >= 15 is 0 Å². The average molecular weight is 454 g/mol. The van der Waals surface area contributed by atoms with E-state index in [4.69, 9.17) is 11.6 Å². The molecule has 0 aliphatic rings. The summed E-state index contributed by atoms with van der Waals surface area (Å²) in [6.07, 6.45) is 0. The normalized spacial score (nSPS) is 11.1. The van der Waals surface area contributed by atoms with Gasteiger partial charge in [-0.25, -0.2) is 4.79 Å². The van der Waals surface area contributed by atoms with Crippen LogP contribution in [0.5, 0.6) is 0 Å². The highest BCUT2D eigenvalue weighted by molar-refractivity contribution is 7.98. The predicted molar refractivity (Wildman–Crippen MR) is 123 cm³/mol. The number of halogens is 1. The fraction of sp³-hybridized carbons (Fsp3) is 0.182. The van der Waals surface area contributed by atoms with Crippen molar-refractivity contribution in [3.63, 3.8) is 0 Å². The standard InChI is InChI=1S/C22H20ClN5O2S/c1-14-6-4-5-7-18(14)28-20(15-8-10-16(23)11-9-15)24-25-21(28)31-13-17-12-19(29)27(3)22(30)26(17)2/h4-12H,13H2,1-3H3. The van der Waals surface area contributed by atoms with Crippen LogP contribution in [0.1, 0.15) is 11.3 Å². The van der Waals surface area contributed by atoms with E-state index in [1.165, 1.54) is 29.4 Å². The zero-order valence-electron chi connectivity index (χ0n) is 17.2. The minimum atomic E-state index is -0.356. The number of rotatable bonds is 5. The smallest absolute Gasteiger partial charge is 0.300 e. The van der Waals surface area contributed by atoms with Crippen molar-refractivity contribution in [2.75, 3.05) is 0 Å². The monoisotopic (exact) mass is 453 g/mol. The molecule has 2 heterocycles. The molecule has 0 aliphatic heterocycles. The minimum absolute atomic E-state index is 0.332. The van der Waals surface area contributed by atoms with Crippen LogP contribution in [0.4, 0.5) is 0 Å². The summed E-state index contributed by atoms with van der Waals surface area (Å²) < 4.78 is 4.55. The van der Waals surface area contributed by atoms with E-state index in [0.717, 1.165) is 21.4 Å². The van der Waals surface area contributed by atoms with Crippen molar-refractivity contribution in [3.05, 3.63) is 91.7 Å². The van der Waals surface area contributed by atoms with Gasteiger partial charge in [0, 0.05) is 42.2 Å². The van der Waals surface area contributed by atoms with Crippen LogP contribution in [0.25, 0.3) is 17.1 Å². The minimum Gasteiger partial charge on any atom is -0.300 e. The molecule has 4 aromatic rings. The molecule has 0 N–H and O–H groups in total.